The monoisotopic (exact) mass is 314 g/mol. The van der Waals surface area contributed by atoms with Gasteiger partial charge in [-0.2, -0.15) is 10.4 Å². The van der Waals surface area contributed by atoms with Crippen LogP contribution in [0.3, 0.4) is 0 Å². The predicted octanol–water partition coefficient (Wildman–Crippen LogP) is 3.42. The molecule has 0 aromatic carbocycles. The Balaban J connectivity index is 1.86. The van der Waals surface area contributed by atoms with E-state index in [4.69, 9.17) is 11.0 Å². The van der Waals surface area contributed by atoms with Gasteiger partial charge in [0.1, 0.15) is 1.37 Å². The van der Waals surface area contributed by atoms with Gasteiger partial charge in [-0.3, -0.25) is 4.68 Å². The van der Waals surface area contributed by atoms with Crippen molar-refractivity contribution in [3.8, 4) is 28.7 Å². The smallest absolute Gasteiger partial charge is 0.162 e. The van der Waals surface area contributed by atoms with Crippen molar-refractivity contribution in [1.29, 1.82) is 5.26 Å². The molecular formula is C17H18N6. The number of aromatic amines is 1. The summed E-state index contributed by atoms with van der Waals surface area (Å²) in [6.45, 7) is 0. The molecule has 1 aromatic heterocycles. The van der Waals surface area contributed by atoms with Gasteiger partial charge in [-0.05, 0) is 24.7 Å². The lowest BCUT2D eigenvalue weighted by atomic mass is 9.96. The van der Waals surface area contributed by atoms with Gasteiger partial charge in [0, 0.05) is 29.0 Å². The highest BCUT2D eigenvalue weighted by molar-refractivity contribution is 5.77. The Labute approximate surface area is 145 Å². The first-order valence-electron chi connectivity index (χ1n) is 11.2. The van der Waals surface area contributed by atoms with E-state index in [0.717, 1.165) is 4.68 Å². The number of nitrogens with zero attached hydrogens (tertiary/aromatic N) is 5. The molecule has 0 unspecified atom stereocenters. The van der Waals surface area contributed by atoms with Crippen LogP contribution in [0.4, 0.5) is 0 Å². The molecule has 1 saturated carbocycles. The van der Waals surface area contributed by atoms with Gasteiger partial charge >= 0.3 is 0 Å². The van der Waals surface area contributed by atoms with Gasteiger partial charge in [-0.15, -0.1) is 0 Å². The molecule has 0 radical (unpaired) electrons. The van der Waals surface area contributed by atoms with Crippen molar-refractivity contribution >= 4 is 0 Å². The number of rotatable bonds is 4. The van der Waals surface area contributed by atoms with Gasteiger partial charge in [-0.25, -0.2) is 9.97 Å². The van der Waals surface area contributed by atoms with Crippen LogP contribution in [0.1, 0.15) is 49.0 Å². The largest absolute Gasteiger partial charge is 0.345 e. The van der Waals surface area contributed by atoms with Crippen molar-refractivity contribution in [2.45, 2.75) is 38.0 Å². The van der Waals surface area contributed by atoms with E-state index in [2.05, 4.69) is 20.1 Å². The van der Waals surface area contributed by atoms with Crippen LogP contribution >= 0.6 is 0 Å². The SMILES string of the molecule is [2H]c1nc2nc([2H])c([2H])c-2c(-c2cnn([C@@]([2H])(CC#N)C3C([2H])([2H])CCC3([2H])[2H])c2)[nH]1. The lowest BCUT2D eigenvalue weighted by Gasteiger charge is -2.21. The molecular weight excluding hydrogens is 288 g/mol. The Kier molecular flexibility index (Phi) is 1.96. The van der Waals surface area contributed by atoms with Crippen molar-refractivity contribution in [2.75, 3.05) is 0 Å². The molecule has 2 aliphatic heterocycles. The summed E-state index contributed by atoms with van der Waals surface area (Å²) < 4.78 is 66.8. The molecule has 1 aromatic rings. The van der Waals surface area contributed by atoms with Crippen molar-refractivity contribution in [3.05, 3.63) is 30.9 Å². The quantitative estimate of drug-likeness (QED) is 0.799. The molecule has 23 heavy (non-hydrogen) atoms. The number of hydrogen-bond donors (Lipinski definition) is 1. The molecule has 0 saturated heterocycles. The zero-order chi connectivity index (χ0) is 22.8. The Morgan fingerprint density at radius 3 is 3.22 bits per heavy atom. The first-order chi connectivity index (χ1) is 14.4. The Morgan fingerprint density at radius 1 is 1.52 bits per heavy atom. The van der Waals surface area contributed by atoms with Crippen LogP contribution in [0.2, 0.25) is 0 Å². The summed E-state index contributed by atoms with van der Waals surface area (Å²) in [5.41, 5.74) is 0.743. The molecule has 1 atom stereocenters. The number of aromatic nitrogens is 5. The topological polar surface area (TPSA) is 83.2 Å². The van der Waals surface area contributed by atoms with Crippen LogP contribution in [0, 0.1) is 17.2 Å². The predicted molar refractivity (Wildman–Crippen MR) is 85.5 cm³/mol. The second kappa shape index (κ2) is 5.84. The first-order valence-corrected chi connectivity index (χ1v) is 7.17. The second-order valence-corrected chi connectivity index (χ2v) is 5.11. The van der Waals surface area contributed by atoms with Gasteiger partial charge in [0.25, 0.3) is 0 Å². The minimum atomic E-state index is -2.03. The highest BCUT2D eigenvalue weighted by Gasteiger charge is 2.27. The number of hydrogen-bond acceptors (Lipinski definition) is 4. The number of fused-ring (bicyclic) bond motifs is 1. The normalized spacial score (nSPS) is 27.4. The third-order valence-electron chi connectivity index (χ3n) is 3.74. The zero-order valence-corrected chi connectivity index (χ0v) is 12.1. The third-order valence-corrected chi connectivity index (χ3v) is 3.74. The standard InChI is InChI=1S/C17H18N6/c18-7-5-15(12-3-1-2-4-12)23-10-13(9-22-23)16-14-6-8-19-17(14)21-11-20-16/h6,8-12,15H,1-5H2,(H,19,20,21)/t15-/m0/s1/i3D2,4D2,6D,8D,11D,15D. The molecule has 1 fully saturated rings. The summed E-state index contributed by atoms with van der Waals surface area (Å²) in [7, 11) is 0. The van der Waals surface area contributed by atoms with Crippen LogP contribution in [-0.2, 0) is 0 Å². The maximum Gasteiger partial charge on any atom is 0.162 e. The lowest BCUT2D eigenvalue weighted by molar-refractivity contribution is 0.315. The van der Waals surface area contributed by atoms with E-state index < -0.39 is 31.1 Å². The molecule has 116 valence electrons. The van der Waals surface area contributed by atoms with Crippen molar-refractivity contribution in [3.63, 3.8) is 0 Å². The fraction of sp³-hybridized carbons (Fsp3) is 0.412. The van der Waals surface area contributed by atoms with E-state index in [9.17, 15) is 5.26 Å². The summed E-state index contributed by atoms with van der Waals surface area (Å²) >= 11 is 0. The maximum absolute atomic E-state index is 9.36. The molecule has 3 heterocycles. The van der Waals surface area contributed by atoms with Crippen LogP contribution in [0.25, 0.3) is 22.6 Å². The van der Waals surface area contributed by atoms with E-state index in [1.807, 2.05) is 6.07 Å². The maximum atomic E-state index is 9.36. The van der Waals surface area contributed by atoms with Crippen molar-refractivity contribution in [2.24, 2.45) is 5.92 Å². The average molecular weight is 314 g/mol. The van der Waals surface area contributed by atoms with E-state index in [-0.39, 0.29) is 48.4 Å². The Bertz CT molecular complexity index is 1150. The minimum Gasteiger partial charge on any atom is -0.345 e. The molecule has 6 heteroatoms. The lowest BCUT2D eigenvalue weighted by Crippen LogP contribution is -2.17. The zero-order valence-electron chi connectivity index (χ0n) is 20.1. The summed E-state index contributed by atoms with van der Waals surface area (Å²) in [5, 5.41) is 13.5. The van der Waals surface area contributed by atoms with Gasteiger partial charge in [0.2, 0.25) is 0 Å². The number of nitrogens with one attached hydrogen (secondary N) is 1. The molecule has 1 N–H and O–H groups in total. The summed E-state index contributed by atoms with van der Waals surface area (Å²) in [6, 6.07) is -0.357. The Morgan fingerprint density at radius 2 is 2.39 bits per heavy atom. The molecule has 1 aliphatic carbocycles. The van der Waals surface area contributed by atoms with Gasteiger partial charge < -0.3 is 4.98 Å². The van der Waals surface area contributed by atoms with E-state index in [1.54, 1.807) is 0 Å². The molecule has 3 aliphatic rings. The van der Waals surface area contributed by atoms with Crippen molar-refractivity contribution < 1.29 is 11.0 Å². The van der Waals surface area contributed by atoms with E-state index >= 15 is 0 Å². The number of H-pyrrole nitrogens is 1. The van der Waals surface area contributed by atoms with Gasteiger partial charge in [0.05, 0.1) is 40.8 Å². The summed E-state index contributed by atoms with van der Waals surface area (Å²) in [6.07, 6.45) is -2.54. The molecule has 6 nitrogen and oxygen atoms in total. The molecule has 4 rings (SSSR count). The second-order valence-electron chi connectivity index (χ2n) is 5.11. The van der Waals surface area contributed by atoms with Gasteiger partial charge in [-0.1, -0.05) is 12.8 Å². The highest BCUT2D eigenvalue weighted by Crippen LogP contribution is 2.37. The van der Waals surface area contributed by atoms with Crippen LogP contribution in [0.5, 0.6) is 0 Å². The van der Waals surface area contributed by atoms with Crippen LogP contribution in [0.15, 0.2) is 30.9 Å². The van der Waals surface area contributed by atoms with Gasteiger partial charge in [0.15, 0.2) is 5.82 Å². The third kappa shape index (κ3) is 2.48. The fourth-order valence-corrected chi connectivity index (χ4v) is 2.67. The van der Waals surface area contributed by atoms with E-state index in [0.29, 0.717) is 5.56 Å². The summed E-state index contributed by atoms with van der Waals surface area (Å²) in [4.78, 5) is 10.5. The summed E-state index contributed by atoms with van der Waals surface area (Å²) in [5.74, 6) is -1.40. The molecule has 0 amide bonds. The van der Waals surface area contributed by atoms with Crippen LogP contribution < -0.4 is 0 Å². The number of nitriles is 1. The fourth-order valence-electron chi connectivity index (χ4n) is 2.67. The first kappa shape index (κ1) is 7.73. The average Bonchev–Trinajstić information content (AvgIpc) is 3.31. The highest BCUT2D eigenvalue weighted by atomic mass is 15.3. The minimum absolute atomic E-state index is 0.0409. The van der Waals surface area contributed by atoms with Crippen LogP contribution in [-0.4, -0.2) is 24.7 Å². The molecule has 0 bridgehead atoms. The van der Waals surface area contributed by atoms with E-state index in [1.165, 1.54) is 12.4 Å². The Hall–Kier alpha value is -2.68. The molecule has 0 spiro atoms. The van der Waals surface area contributed by atoms with Crippen molar-refractivity contribution in [1.82, 2.24) is 24.7 Å².